The van der Waals surface area contributed by atoms with Crippen LogP contribution < -0.4 is 15.7 Å². The number of aromatic nitrogens is 1. The summed E-state index contributed by atoms with van der Waals surface area (Å²) in [7, 11) is 0. The Kier molecular flexibility index (Phi) is 5.78. The lowest BCUT2D eigenvalue weighted by atomic mass is 10.0. The van der Waals surface area contributed by atoms with E-state index in [0.29, 0.717) is 22.3 Å². The van der Waals surface area contributed by atoms with Crippen LogP contribution in [0.1, 0.15) is 18.1 Å². The maximum atomic E-state index is 12.7. The smallest absolute Gasteiger partial charge is 0.336 e. The zero-order valence-corrected chi connectivity index (χ0v) is 17.9. The molecule has 9 heteroatoms. The van der Waals surface area contributed by atoms with Gasteiger partial charge in [0.1, 0.15) is 23.1 Å². The topological polar surface area (TPSA) is 142 Å². The van der Waals surface area contributed by atoms with E-state index < -0.39 is 29.6 Å². The molecule has 4 aromatic rings. The van der Waals surface area contributed by atoms with Crippen LogP contribution in [-0.2, 0) is 16.0 Å². The van der Waals surface area contributed by atoms with Crippen LogP contribution in [0.2, 0.25) is 0 Å². The lowest BCUT2D eigenvalue weighted by Gasteiger charge is -2.19. The van der Waals surface area contributed by atoms with Crippen molar-refractivity contribution >= 4 is 33.7 Å². The molecule has 170 valence electrons. The van der Waals surface area contributed by atoms with E-state index in [9.17, 15) is 24.6 Å². The van der Waals surface area contributed by atoms with Crippen LogP contribution in [-0.4, -0.2) is 39.2 Å². The van der Waals surface area contributed by atoms with Crippen molar-refractivity contribution in [1.29, 1.82) is 0 Å². The Morgan fingerprint density at radius 1 is 1.15 bits per heavy atom. The Balaban J connectivity index is 1.48. The standard InChI is InChI=1S/C24H22N2O7/c1-12-7-22(28)33-21-10-16(4-5-17(12)21)32-13(2)23(29)26-20(24(30)31)8-14-11-25-19-6-3-15(27)9-18(14)19/h3-7,9-11,13,20,25,27H,8H2,1-2H3,(H,26,29)(H,30,31). The normalized spacial score (nSPS) is 13.0. The molecule has 0 aliphatic rings. The van der Waals surface area contributed by atoms with Gasteiger partial charge in [-0.25, -0.2) is 9.59 Å². The number of aliphatic carboxylic acids is 1. The number of hydrogen-bond donors (Lipinski definition) is 4. The third-order valence-corrected chi connectivity index (χ3v) is 5.39. The number of carboxylic acid groups (broad SMARTS) is 1. The summed E-state index contributed by atoms with van der Waals surface area (Å²) in [5.41, 5.74) is 1.98. The van der Waals surface area contributed by atoms with Crippen LogP contribution in [0.5, 0.6) is 11.5 Å². The number of carbonyl (C=O) groups is 2. The van der Waals surface area contributed by atoms with Gasteiger partial charge in [0.25, 0.3) is 5.91 Å². The van der Waals surface area contributed by atoms with Crippen LogP contribution in [0.4, 0.5) is 0 Å². The Morgan fingerprint density at radius 3 is 2.70 bits per heavy atom. The molecule has 0 saturated heterocycles. The predicted molar refractivity (Wildman–Crippen MR) is 121 cm³/mol. The fourth-order valence-corrected chi connectivity index (χ4v) is 3.68. The minimum Gasteiger partial charge on any atom is -0.508 e. The largest absolute Gasteiger partial charge is 0.508 e. The van der Waals surface area contributed by atoms with E-state index >= 15 is 0 Å². The lowest BCUT2D eigenvalue weighted by Crippen LogP contribution is -2.47. The number of hydrogen-bond acceptors (Lipinski definition) is 6. The molecule has 2 heterocycles. The third kappa shape index (κ3) is 4.67. The second kappa shape index (κ2) is 8.70. The number of nitrogens with one attached hydrogen (secondary N) is 2. The molecule has 2 unspecified atom stereocenters. The molecule has 2 aromatic carbocycles. The molecular weight excluding hydrogens is 428 g/mol. The number of benzene rings is 2. The number of H-pyrrole nitrogens is 1. The van der Waals surface area contributed by atoms with Crippen molar-refractivity contribution in [1.82, 2.24) is 10.3 Å². The number of aryl methyl sites for hydroxylation is 1. The van der Waals surface area contributed by atoms with Crippen molar-refractivity contribution in [2.75, 3.05) is 0 Å². The molecule has 33 heavy (non-hydrogen) atoms. The number of carbonyl (C=O) groups excluding carboxylic acids is 1. The van der Waals surface area contributed by atoms with E-state index in [1.165, 1.54) is 31.2 Å². The summed E-state index contributed by atoms with van der Waals surface area (Å²) in [6.45, 7) is 3.28. The molecule has 0 saturated carbocycles. The summed E-state index contributed by atoms with van der Waals surface area (Å²) in [4.78, 5) is 39.1. The van der Waals surface area contributed by atoms with Crippen LogP contribution in [0.15, 0.2) is 57.9 Å². The van der Waals surface area contributed by atoms with E-state index in [2.05, 4.69) is 10.3 Å². The van der Waals surface area contributed by atoms with Crippen molar-refractivity contribution in [3.8, 4) is 11.5 Å². The number of phenolic OH excluding ortho intramolecular Hbond substituents is 1. The minimum absolute atomic E-state index is 0.0116. The van der Waals surface area contributed by atoms with Crippen molar-refractivity contribution < 1.29 is 29.0 Å². The second-order valence-corrected chi connectivity index (χ2v) is 7.81. The first kappa shape index (κ1) is 21.9. The first-order chi connectivity index (χ1) is 15.7. The maximum Gasteiger partial charge on any atom is 0.336 e. The summed E-state index contributed by atoms with van der Waals surface area (Å²) in [5.74, 6) is -1.45. The number of rotatable bonds is 7. The van der Waals surface area contributed by atoms with Gasteiger partial charge < -0.3 is 29.7 Å². The number of aromatic amines is 1. The van der Waals surface area contributed by atoms with Gasteiger partial charge in [-0.15, -0.1) is 0 Å². The molecule has 0 fully saturated rings. The molecule has 0 aliphatic heterocycles. The van der Waals surface area contributed by atoms with E-state index in [1.54, 1.807) is 31.3 Å². The zero-order chi connectivity index (χ0) is 23.7. The highest BCUT2D eigenvalue weighted by atomic mass is 16.5. The highest BCUT2D eigenvalue weighted by Gasteiger charge is 2.25. The monoisotopic (exact) mass is 450 g/mol. The van der Waals surface area contributed by atoms with Gasteiger partial charge in [0.15, 0.2) is 6.10 Å². The highest BCUT2D eigenvalue weighted by Crippen LogP contribution is 2.25. The van der Waals surface area contributed by atoms with Gasteiger partial charge in [-0.1, -0.05) is 0 Å². The van der Waals surface area contributed by atoms with Gasteiger partial charge in [0.2, 0.25) is 0 Å². The molecule has 0 aliphatic carbocycles. The predicted octanol–water partition coefficient (Wildman–Crippen LogP) is 2.87. The summed E-state index contributed by atoms with van der Waals surface area (Å²) in [6, 6.07) is 9.81. The molecule has 1 amide bonds. The molecule has 0 spiro atoms. The number of amides is 1. The number of phenols is 1. The zero-order valence-electron chi connectivity index (χ0n) is 17.9. The van der Waals surface area contributed by atoms with Crippen molar-refractivity contribution in [3.05, 3.63) is 70.2 Å². The van der Waals surface area contributed by atoms with Gasteiger partial charge in [-0.05, 0) is 55.3 Å². The SMILES string of the molecule is Cc1cc(=O)oc2cc(OC(C)C(=O)NC(Cc3c[nH]c4ccc(O)cc34)C(=O)O)ccc12. The van der Waals surface area contributed by atoms with Gasteiger partial charge in [0, 0.05) is 41.0 Å². The highest BCUT2D eigenvalue weighted by molar-refractivity contribution is 5.89. The average molecular weight is 450 g/mol. The maximum absolute atomic E-state index is 12.7. The van der Waals surface area contributed by atoms with Crippen LogP contribution in [0, 0.1) is 6.92 Å². The Hall–Kier alpha value is -4.27. The quantitative estimate of drug-likeness (QED) is 0.317. The number of ether oxygens (including phenoxy) is 1. The number of fused-ring (bicyclic) bond motifs is 2. The van der Waals surface area contributed by atoms with Gasteiger partial charge >= 0.3 is 11.6 Å². The van der Waals surface area contributed by atoms with Crippen LogP contribution in [0.3, 0.4) is 0 Å². The summed E-state index contributed by atoms with van der Waals surface area (Å²) < 4.78 is 10.8. The van der Waals surface area contributed by atoms with Gasteiger partial charge in [-0.2, -0.15) is 0 Å². The molecule has 4 rings (SSSR count). The number of carboxylic acids is 1. The first-order valence-corrected chi connectivity index (χ1v) is 10.2. The summed E-state index contributed by atoms with van der Waals surface area (Å²) >= 11 is 0. The molecule has 2 aromatic heterocycles. The Labute approximate surface area is 187 Å². The van der Waals surface area contributed by atoms with E-state index in [4.69, 9.17) is 9.15 Å². The molecule has 2 atom stereocenters. The van der Waals surface area contributed by atoms with Crippen molar-refractivity contribution in [2.45, 2.75) is 32.4 Å². The summed E-state index contributed by atoms with van der Waals surface area (Å²) in [6.07, 6.45) is 0.655. The molecular formula is C24H22N2O7. The molecule has 0 bridgehead atoms. The average Bonchev–Trinajstić information content (AvgIpc) is 3.14. The fourth-order valence-electron chi connectivity index (χ4n) is 3.68. The van der Waals surface area contributed by atoms with Crippen LogP contribution >= 0.6 is 0 Å². The minimum atomic E-state index is -1.21. The lowest BCUT2D eigenvalue weighted by molar-refractivity contribution is -0.142. The molecule has 4 N–H and O–H groups in total. The van der Waals surface area contributed by atoms with E-state index in [1.807, 2.05) is 0 Å². The van der Waals surface area contributed by atoms with E-state index in [-0.39, 0.29) is 12.2 Å². The van der Waals surface area contributed by atoms with Crippen molar-refractivity contribution in [3.63, 3.8) is 0 Å². The van der Waals surface area contributed by atoms with Crippen LogP contribution in [0.25, 0.3) is 21.9 Å². The number of aromatic hydroxyl groups is 1. The molecule has 9 nitrogen and oxygen atoms in total. The fraction of sp³-hybridized carbons (Fsp3) is 0.208. The molecule has 0 radical (unpaired) electrons. The van der Waals surface area contributed by atoms with Crippen molar-refractivity contribution in [2.24, 2.45) is 0 Å². The van der Waals surface area contributed by atoms with E-state index in [0.717, 1.165) is 16.5 Å². The first-order valence-electron chi connectivity index (χ1n) is 10.2. The second-order valence-electron chi connectivity index (χ2n) is 7.81. The summed E-state index contributed by atoms with van der Waals surface area (Å²) in [5, 5.41) is 23.3. The Morgan fingerprint density at radius 2 is 1.94 bits per heavy atom. The van der Waals surface area contributed by atoms with Gasteiger partial charge in [-0.3, -0.25) is 4.79 Å². The van der Waals surface area contributed by atoms with Gasteiger partial charge in [0.05, 0.1) is 0 Å². The Bertz CT molecular complexity index is 1420. The third-order valence-electron chi connectivity index (χ3n) is 5.39.